The number of halogens is 2. The molecule has 3 fully saturated rings. The zero-order valence-corrected chi connectivity index (χ0v) is 24.7. The summed E-state index contributed by atoms with van der Waals surface area (Å²) in [5, 5.41) is 15.1. The van der Waals surface area contributed by atoms with Crippen molar-refractivity contribution >= 4 is 57.3 Å². The molecule has 3 aliphatic heterocycles. The van der Waals surface area contributed by atoms with Crippen LogP contribution in [0.2, 0.25) is 5.02 Å². The summed E-state index contributed by atoms with van der Waals surface area (Å²) in [6.07, 6.45) is 3.10. The van der Waals surface area contributed by atoms with Gasteiger partial charge in [0.25, 0.3) is 5.91 Å². The second-order valence-corrected chi connectivity index (χ2v) is 16.0. The van der Waals surface area contributed by atoms with Gasteiger partial charge in [0.1, 0.15) is 7.26 Å². The largest absolute Gasteiger partial charge is 0.452 e. The fourth-order valence-electron chi connectivity index (χ4n) is 6.54. The average molecular weight is 623 g/mol. The molecule has 39 heavy (non-hydrogen) atoms. The number of carboxylic acid groups (broad SMARTS) is 1. The molecule has 1 atom stereocenters. The number of pyridine rings is 1. The maximum Gasteiger partial charge on any atom is 0.448 e. The zero-order chi connectivity index (χ0) is 27.4. The van der Waals surface area contributed by atoms with Crippen molar-refractivity contribution in [2.24, 2.45) is 0 Å². The fourth-order valence-corrected chi connectivity index (χ4v) is 11.2. The Labute approximate surface area is 241 Å². The Morgan fingerprint density at radius 1 is 1.05 bits per heavy atom. The molecule has 2 N–H and O–H groups in total. The molecule has 198 valence electrons. The van der Waals surface area contributed by atoms with Crippen molar-refractivity contribution < 1.29 is 14.7 Å². The Balaban J connectivity index is 1.48. The number of hydrogen-bond donors (Lipinski definition) is 2. The number of nitrogens with one attached hydrogen (secondary N) is 1. The highest BCUT2D eigenvalue weighted by Gasteiger charge is 2.64. The normalized spacial score (nSPS) is 24.0. The molecule has 4 heterocycles. The van der Waals surface area contributed by atoms with Crippen LogP contribution in [-0.2, 0) is 0 Å². The van der Waals surface area contributed by atoms with Gasteiger partial charge in [-0.2, -0.15) is 0 Å². The molecule has 3 saturated heterocycles. The molecule has 8 heteroatoms. The highest BCUT2D eigenvalue weighted by molar-refractivity contribution is 9.10. The number of amides is 1. The van der Waals surface area contributed by atoms with Crippen LogP contribution in [0.1, 0.15) is 40.2 Å². The van der Waals surface area contributed by atoms with Gasteiger partial charge in [-0.05, 0) is 42.3 Å². The lowest BCUT2D eigenvalue weighted by molar-refractivity contribution is 0.0868. The molecule has 1 amide bonds. The van der Waals surface area contributed by atoms with Crippen molar-refractivity contribution in [3.63, 3.8) is 0 Å². The number of benzene rings is 3. The van der Waals surface area contributed by atoms with Crippen LogP contribution < -0.4 is 5.32 Å². The van der Waals surface area contributed by atoms with E-state index in [1.807, 2.05) is 79.7 Å². The molecule has 4 aromatic rings. The topological polar surface area (TPSA) is 79.3 Å². The van der Waals surface area contributed by atoms with Crippen LogP contribution in [0.25, 0.3) is 22.2 Å². The molecule has 7 rings (SSSR count). The lowest BCUT2D eigenvalue weighted by Crippen LogP contribution is -2.61. The van der Waals surface area contributed by atoms with Crippen molar-refractivity contribution in [3.05, 3.63) is 99.0 Å². The van der Waals surface area contributed by atoms with Gasteiger partial charge < -0.3 is 10.4 Å². The minimum atomic E-state index is -2.19. The SMILES string of the molecule is Cc1c(-c2ccccc2)nc2ccc(Br)cc2c1C(=O)NC12CC[P+](C(=O)O)(CC1)CC2c1ccccc1Cl. The van der Waals surface area contributed by atoms with Crippen molar-refractivity contribution in [3.8, 4) is 11.3 Å². The van der Waals surface area contributed by atoms with Gasteiger partial charge in [-0.25, -0.2) is 9.78 Å². The van der Waals surface area contributed by atoms with Gasteiger partial charge in [0, 0.05) is 39.2 Å². The van der Waals surface area contributed by atoms with Crippen LogP contribution in [0.5, 0.6) is 0 Å². The fraction of sp³-hybridized carbons (Fsp3) is 0.258. The molecule has 0 radical (unpaired) electrons. The molecule has 0 saturated carbocycles. The van der Waals surface area contributed by atoms with Crippen molar-refractivity contribution in [2.45, 2.75) is 31.2 Å². The molecule has 1 aromatic heterocycles. The van der Waals surface area contributed by atoms with Crippen molar-refractivity contribution in [2.75, 3.05) is 18.5 Å². The molecule has 3 aromatic carbocycles. The van der Waals surface area contributed by atoms with E-state index in [1.165, 1.54) is 0 Å². The third-order valence-corrected chi connectivity index (χ3v) is 13.6. The van der Waals surface area contributed by atoms with Crippen molar-refractivity contribution in [1.29, 1.82) is 0 Å². The average Bonchev–Trinajstić information content (AvgIpc) is 2.94. The number of rotatable bonds is 5. The van der Waals surface area contributed by atoms with Crippen molar-refractivity contribution in [1.82, 2.24) is 10.3 Å². The molecule has 2 bridgehead atoms. The van der Waals surface area contributed by atoms with E-state index in [0.29, 0.717) is 41.9 Å². The van der Waals surface area contributed by atoms with E-state index >= 15 is 0 Å². The molecule has 3 aliphatic rings. The Morgan fingerprint density at radius 3 is 2.44 bits per heavy atom. The predicted molar refractivity (Wildman–Crippen MR) is 163 cm³/mol. The summed E-state index contributed by atoms with van der Waals surface area (Å²) in [5.41, 5.74) is 3.60. The van der Waals surface area contributed by atoms with E-state index in [2.05, 4.69) is 21.2 Å². The first-order chi connectivity index (χ1) is 18.7. The number of nitrogens with zero attached hydrogens (tertiary/aromatic N) is 1. The van der Waals surface area contributed by atoms with Crippen LogP contribution in [0.4, 0.5) is 4.79 Å². The number of carbonyl (C=O) groups is 2. The minimum absolute atomic E-state index is 0.157. The maximum absolute atomic E-state index is 14.4. The number of carbonyl (C=O) groups excluding carboxylic acids is 1. The van der Waals surface area contributed by atoms with Gasteiger partial charge in [-0.1, -0.05) is 76.1 Å². The molecule has 5 nitrogen and oxygen atoms in total. The van der Waals surface area contributed by atoms with Crippen LogP contribution >= 0.6 is 34.8 Å². The lowest BCUT2D eigenvalue weighted by atomic mass is 9.75. The van der Waals surface area contributed by atoms with Gasteiger partial charge >= 0.3 is 5.71 Å². The summed E-state index contributed by atoms with van der Waals surface area (Å²) in [6.45, 7) is 1.95. The summed E-state index contributed by atoms with van der Waals surface area (Å²) >= 11 is 10.3. The molecule has 0 spiro atoms. The number of hydrogen-bond acceptors (Lipinski definition) is 3. The third kappa shape index (κ3) is 4.47. The van der Waals surface area contributed by atoms with Crippen LogP contribution in [0.15, 0.2) is 77.3 Å². The quantitative estimate of drug-likeness (QED) is 0.219. The van der Waals surface area contributed by atoms with Gasteiger partial charge in [-0.3, -0.25) is 4.79 Å². The third-order valence-electron chi connectivity index (χ3n) is 8.68. The summed E-state index contributed by atoms with van der Waals surface area (Å²) in [5.74, 6) is -0.314. The van der Waals surface area contributed by atoms with E-state index in [-0.39, 0.29) is 11.8 Å². The Bertz CT molecular complexity index is 1620. The molecule has 0 aliphatic carbocycles. The first kappa shape index (κ1) is 26.4. The van der Waals surface area contributed by atoms with Gasteiger partial charge in [0.2, 0.25) is 0 Å². The Kier molecular flexibility index (Phi) is 6.77. The lowest BCUT2D eigenvalue weighted by Gasteiger charge is -2.52. The van der Waals surface area contributed by atoms with E-state index < -0.39 is 18.5 Å². The molecule has 1 unspecified atom stereocenters. The Morgan fingerprint density at radius 2 is 1.74 bits per heavy atom. The Hall–Kier alpha value is -2.79. The second-order valence-electron chi connectivity index (χ2n) is 10.7. The summed E-state index contributed by atoms with van der Waals surface area (Å²) in [6, 6.07) is 23.4. The zero-order valence-electron chi connectivity index (χ0n) is 21.5. The van der Waals surface area contributed by atoms with E-state index in [9.17, 15) is 14.7 Å². The monoisotopic (exact) mass is 621 g/mol. The van der Waals surface area contributed by atoms with Gasteiger partial charge in [-0.15, -0.1) is 0 Å². The first-order valence-corrected chi connectivity index (χ1v) is 16.6. The van der Waals surface area contributed by atoms with E-state index in [4.69, 9.17) is 16.6 Å². The second kappa shape index (κ2) is 9.99. The van der Waals surface area contributed by atoms with E-state index in [0.717, 1.165) is 37.8 Å². The molecular formula is C31H28BrClN2O3P+. The summed E-state index contributed by atoms with van der Waals surface area (Å²) < 4.78 is 0.871. The van der Waals surface area contributed by atoms with E-state index in [1.54, 1.807) is 0 Å². The molecular weight excluding hydrogens is 595 g/mol. The van der Waals surface area contributed by atoms with Crippen LogP contribution in [0.3, 0.4) is 0 Å². The minimum Gasteiger partial charge on any atom is -0.452 e. The number of aromatic nitrogens is 1. The maximum atomic E-state index is 14.4. The van der Waals surface area contributed by atoms with Gasteiger partial charge in [0.15, 0.2) is 0 Å². The smallest absolute Gasteiger partial charge is 0.448 e. The van der Waals surface area contributed by atoms with Crippen LogP contribution in [0, 0.1) is 6.92 Å². The first-order valence-electron chi connectivity index (χ1n) is 13.0. The van der Waals surface area contributed by atoms with Crippen LogP contribution in [-0.4, -0.2) is 45.7 Å². The standard InChI is InChI=1S/C31H27BrClN2O3P/c1-19-27(23-17-21(32)11-12-26(23)34-28(19)20-7-3-2-4-8-20)29(36)35-31-13-15-39(16-14-31,30(37)38)18-24(31)22-9-5-6-10-25(22)33/h2-12,17,24H,13-16,18H2,1H3,(H-,35,36,37,38)/p+1. The predicted octanol–water partition coefficient (Wildman–Crippen LogP) is 8.38. The number of fused-ring (bicyclic) bond motifs is 4. The summed E-state index contributed by atoms with van der Waals surface area (Å²) in [7, 11) is -2.19. The highest BCUT2D eigenvalue weighted by atomic mass is 79.9. The van der Waals surface area contributed by atoms with Gasteiger partial charge in [0.05, 0.1) is 40.8 Å². The highest BCUT2D eigenvalue weighted by Crippen LogP contribution is 2.72. The summed E-state index contributed by atoms with van der Waals surface area (Å²) in [4.78, 5) is 31.8.